The van der Waals surface area contributed by atoms with Crippen LogP contribution in [0.25, 0.3) is 0 Å². The van der Waals surface area contributed by atoms with Crippen LogP contribution in [0.1, 0.15) is 84.7 Å². The first kappa shape index (κ1) is 19.2. The van der Waals surface area contributed by atoms with E-state index in [-0.39, 0.29) is 11.1 Å². The van der Waals surface area contributed by atoms with Crippen molar-refractivity contribution in [2.45, 2.75) is 65.7 Å². The number of carboxylic acids is 2. The zero-order chi connectivity index (χ0) is 17.4. The van der Waals surface area contributed by atoms with E-state index >= 15 is 0 Å². The summed E-state index contributed by atoms with van der Waals surface area (Å²) in [4.78, 5) is 23.0. The van der Waals surface area contributed by atoms with Crippen LogP contribution in [0.2, 0.25) is 0 Å². The minimum absolute atomic E-state index is 0.0183. The van der Waals surface area contributed by atoms with Crippen LogP contribution in [0.4, 0.5) is 0 Å². The SMILES string of the molecule is CCCCCc1ccc(C(=O)O)c(C(=O)O)c1CCCC(C)C. The first-order valence-electron chi connectivity index (χ1n) is 8.49. The number of carbonyl (C=O) groups is 2. The Balaban J connectivity index is 3.20. The molecule has 1 aromatic rings. The lowest BCUT2D eigenvalue weighted by atomic mass is 9.89. The lowest BCUT2D eigenvalue weighted by Gasteiger charge is -2.15. The van der Waals surface area contributed by atoms with Crippen LogP contribution in [-0.2, 0) is 12.8 Å². The van der Waals surface area contributed by atoms with Gasteiger partial charge in [0, 0.05) is 0 Å². The van der Waals surface area contributed by atoms with Crippen LogP contribution in [-0.4, -0.2) is 22.2 Å². The maximum Gasteiger partial charge on any atom is 0.336 e. The Morgan fingerprint density at radius 1 is 1.00 bits per heavy atom. The van der Waals surface area contributed by atoms with Crippen molar-refractivity contribution in [2.24, 2.45) is 5.92 Å². The summed E-state index contributed by atoms with van der Waals surface area (Å²) >= 11 is 0. The van der Waals surface area contributed by atoms with E-state index in [1.54, 1.807) is 6.07 Å². The molecule has 0 aliphatic carbocycles. The fraction of sp³-hybridized carbons (Fsp3) is 0.579. The highest BCUT2D eigenvalue weighted by atomic mass is 16.4. The molecule has 0 unspecified atom stereocenters. The molecule has 0 radical (unpaired) electrons. The van der Waals surface area contributed by atoms with Crippen LogP contribution in [0, 0.1) is 5.92 Å². The Kier molecular flexibility index (Phi) is 7.79. The van der Waals surface area contributed by atoms with Crippen LogP contribution in [0.15, 0.2) is 12.1 Å². The van der Waals surface area contributed by atoms with Crippen molar-refractivity contribution in [3.8, 4) is 0 Å². The summed E-state index contributed by atoms with van der Waals surface area (Å²) in [5, 5.41) is 18.8. The van der Waals surface area contributed by atoms with E-state index in [0.29, 0.717) is 17.9 Å². The molecule has 0 spiro atoms. The number of carboxylic acid groups (broad SMARTS) is 2. The third-order valence-electron chi connectivity index (χ3n) is 4.11. The predicted octanol–water partition coefficient (Wildman–Crippen LogP) is 4.79. The van der Waals surface area contributed by atoms with E-state index < -0.39 is 11.9 Å². The van der Waals surface area contributed by atoms with E-state index in [0.717, 1.165) is 44.1 Å². The average Bonchev–Trinajstić information content (AvgIpc) is 2.47. The summed E-state index contributed by atoms with van der Waals surface area (Å²) in [5.74, 6) is -1.76. The largest absolute Gasteiger partial charge is 0.478 e. The Labute approximate surface area is 138 Å². The third kappa shape index (κ3) is 5.70. The molecular weight excluding hydrogens is 292 g/mol. The Hall–Kier alpha value is -1.84. The Morgan fingerprint density at radius 2 is 1.70 bits per heavy atom. The molecule has 0 atom stereocenters. The Bertz CT molecular complexity index is 547. The normalized spacial score (nSPS) is 11.0. The maximum absolute atomic E-state index is 11.7. The molecule has 0 saturated carbocycles. The molecule has 4 nitrogen and oxygen atoms in total. The van der Waals surface area contributed by atoms with E-state index in [1.165, 1.54) is 6.07 Å². The second kappa shape index (κ2) is 9.33. The van der Waals surface area contributed by atoms with Gasteiger partial charge in [0.05, 0.1) is 11.1 Å². The van der Waals surface area contributed by atoms with Gasteiger partial charge in [0.15, 0.2) is 0 Å². The van der Waals surface area contributed by atoms with Gasteiger partial charge in [-0.25, -0.2) is 9.59 Å². The minimum Gasteiger partial charge on any atom is -0.478 e. The molecule has 23 heavy (non-hydrogen) atoms. The van der Waals surface area contributed by atoms with E-state index in [2.05, 4.69) is 20.8 Å². The van der Waals surface area contributed by atoms with Gasteiger partial charge in [-0.15, -0.1) is 0 Å². The van der Waals surface area contributed by atoms with Crippen molar-refractivity contribution in [2.75, 3.05) is 0 Å². The third-order valence-corrected chi connectivity index (χ3v) is 4.11. The monoisotopic (exact) mass is 320 g/mol. The zero-order valence-electron chi connectivity index (χ0n) is 14.4. The highest BCUT2D eigenvalue weighted by molar-refractivity contribution is 6.03. The van der Waals surface area contributed by atoms with Crippen molar-refractivity contribution in [1.82, 2.24) is 0 Å². The summed E-state index contributed by atoms with van der Waals surface area (Å²) in [6.45, 7) is 6.39. The molecule has 0 heterocycles. The van der Waals surface area contributed by atoms with Gasteiger partial charge >= 0.3 is 11.9 Å². The highest BCUT2D eigenvalue weighted by Gasteiger charge is 2.22. The highest BCUT2D eigenvalue weighted by Crippen LogP contribution is 2.24. The second-order valence-corrected chi connectivity index (χ2v) is 6.48. The molecule has 1 aromatic carbocycles. The molecule has 4 heteroatoms. The van der Waals surface area contributed by atoms with Crippen molar-refractivity contribution in [1.29, 1.82) is 0 Å². The first-order chi connectivity index (χ1) is 10.9. The van der Waals surface area contributed by atoms with E-state index in [4.69, 9.17) is 0 Å². The van der Waals surface area contributed by atoms with Crippen LogP contribution < -0.4 is 0 Å². The van der Waals surface area contributed by atoms with Crippen molar-refractivity contribution >= 4 is 11.9 Å². The van der Waals surface area contributed by atoms with Crippen molar-refractivity contribution in [3.63, 3.8) is 0 Å². The quantitative estimate of drug-likeness (QED) is 0.608. The van der Waals surface area contributed by atoms with Crippen molar-refractivity contribution in [3.05, 3.63) is 34.4 Å². The molecule has 128 valence electrons. The van der Waals surface area contributed by atoms with Crippen LogP contribution >= 0.6 is 0 Å². The smallest absolute Gasteiger partial charge is 0.336 e. The number of hydrogen-bond donors (Lipinski definition) is 2. The number of rotatable bonds is 10. The number of hydrogen-bond acceptors (Lipinski definition) is 2. The van der Waals surface area contributed by atoms with Crippen LogP contribution in [0.5, 0.6) is 0 Å². The fourth-order valence-corrected chi connectivity index (χ4v) is 2.89. The summed E-state index contributed by atoms with van der Waals surface area (Å²) in [6.07, 6.45) is 6.51. The van der Waals surface area contributed by atoms with Gasteiger partial charge in [-0.05, 0) is 48.8 Å². The lowest BCUT2D eigenvalue weighted by molar-refractivity contribution is 0.0650. The molecular formula is C19H28O4. The van der Waals surface area contributed by atoms with Gasteiger partial charge in [0.25, 0.3) is 0 Å². The van der Waals surface area contributed by atoms with Crippen molar-refractivity contribution < 1.29 is 19.8 Å². The maximum atomic E-state index is 11.7. The zero-order valence-corrected chi connectivity index (χ0v) is 14.4. The molecule has 0 aliphatic rings. The summed E-state index contributed by atoms with van der Waals surface area (Å²) in [7, 11) is 0. The molecule has 2 N–H and O–H groups in total. The minimum atomic E-state index is -1.17. The number of aromatic carboxylic acids is 2. The number of aryl methyl sites for hydroxylation is 1. The summed E-state index contributed by atoms with van der Waals surface area (Å²) < 4.78 is 0. The predicted molar refractivity (Wildman–Crippen MR) is 91.4 cm³/mol. The Morgan fingerprint density at radius 3 is 2.22 bits per heavy atom. The number of benzene rings is 1. The molecule has 0 aromatic heterocycles. The van der Waals surface area contributed by atoms with Gasteiger partial charge in [-0.2, -0.15) is 0 Å². The van der Waals surface area contributed by atoms with Gasteiger partial charge < -0.3 is 10.2 Å². The standard InChI is InChI=1S/C19H28O4/c1-4-5-6-9-14-11-12-16(18(20)21)17(19(22)23)15(14)10-7-8-13(2)3/h11-13H,4-10H2,1-3H3,(H,20,21)(H,22,23). The topological polar surface area (TPSA) is 74.6 Å². The summed E-state index contributed by atoms with van der Waals surface area (Å²) in [6, 6.07) is 3.25. The molecule has 0 saturated heterocycles. The lowest BCUT2D eigenvalue weighted by Crippen LogP contribution is -2.14. The molecule has 0 amide bonds. The molecule has 1 rings (SSSR count). The average molecular weight is 320 g/mol. The molecule has 0 bridgehead atoms. The van der Waals surface area contributed by atoms with Gasteiger partial charge in [-0.1, -0.05) is 46.1 Å². The van der Waals surface area contributed by atoms with Crippen LogP contribution in [0.3, 0.4) is 0 Å². The fourth-order valence-electron chi connectivity index (χ4n) is 2.89. The number of unbranched alkanes of at least 4 members (excludes halogenated alkanes) is 2. The molecule has 0 fully saturated rings. The van der Waals surface area contributed by atoms with Gasteiger partial charge in [-0.3, -0.25) is 0 Å². The van der Waals surface area contributed by atoms with E-state index in [9.17, 15) is 19.8 Å². The molecule has 0 aliphatic heterocycles. The first-order valence-corrected chi connectivity index (χ1v) is 8.49. The van der Waals surface area contributed by atoms with E-state index in [1.807, 2.05) is 0 Å². The van der Waals surface area contributed by atoms with Gasteiger partial charge in [0.1, 0.15) is 0 Å². The summed E-state index contributed by atoms with van der Waals surface area (Å²) in [5.41, 5.74) is 1.59. The van der Waals surface area contributed by atoms with Gasteiger partial charge in [0.2, 0.25) is 0 Å². The second-order valence-electron chi connectivity index (χ2n) is 6.48.